The van der Waals surface area contributed by atoms with E-state index in [1.54, 1.807) is 5.56 Å². The molecular weight excluding hydrogens is 168 g/mol. The second kappa shape index (κ2) is 5.19. The molecule has 78 valence electrons. The Morgan fingerprint density at radius 1 is 1.21 bits per heavy atom. The third-order valence-corrected chi connectivity index (χ3v) is 2.96. The Morgan fingerprint density at radius 3 is 2.57 bits per heavy atom. The topological polar surface area (TPSA) is 0 Å². The van der Waals surface area contributed by atoms with E-state index in [9.17, 15) is 0 Å². The van der Waals surface area contributed by atoms with Crippen LogP contribution < -0.4 is 0 Å². The van der Waals surface area contributed by atoms with Crippen molar-refractivity contribution in [2.24, 2.45) is 0 Å². The summed E-state index contributed by atoms with van der Waals surface area (Å²) in [4.78, 5) is 0. The molecule has 0 fully saturated rings. The highest BCUT2D eigenvalue weighted by atomic mass is 14.1. The van der Waals surface area contributed by atoms with Gasteiger partial charge in [-0.15, -0.1) is 0 Å². The van der Waals surface area contributed by atoms with Gasteiger partial charge in [-0.05, 0) is 37.3 Å². The van der Waals surface area contributed by atoms with E-state index >= 15 is 0 Å². The Kier molecular flexibility index (Phi) is 4.19. The van der Waals surface area contributed by atoms with Crippen LogP contribution in [0, 0.1) is 13.8 Å². The maximum Gasteiger partial charge on any atom is -0.0188 e. The molecule has 0 heteroatoms. The zero-order chi connectivity index (χ0) is 10.6. The summed E-state index contributed by atoms with van der Waals surface area (Å²) >= 11 is 0. The molecule has 0 radical (unpaired) electrons. The SMILES string of the molecule is CCCCC(C)c1cc(C)ccc1C. The highest BCUT2D eigenvalue weighted by Crippen LogP contribution is 2.25. The molecule has 14 heavy (non-hydrogen) atoms. The molecule has 0 aliphatic carbocycles. The van der Waals surface area contributed by atoms with E-state index in [0.29, 0.717) is 0 Å². The van der Waals surface area contributed by atoms with Crippen LogP contribution in [-0.2, 0) is 0 Å². The normalized spacial score (nSPS) is 12.9. The van der Waals surface area contributed by atoms with Crippen molar-refractivity contribution in [3.8, 4) is 0 Å². The molecule has 0 spiro atoms. The van der Waals surface area contributed by atoms with Gasteiger partial charge >= 0.3 is 0 Å². The lowest BCUT2D eigenvalue weighted by molar-refractivity contribution is 0.621. The molecule has 0 nitrogen and oxygen atoms in total. The predicted octanol–water partition coefficient (Wildman–Crippen LogP) is 4.60. The summed E-state index contributed by atoms with van der Waals surface area (Å²) in [5.41, 5.74) is 4.37. The van der Waals surface area contributed by atoms with Crippen LogP contribution in [0.2, 0.25) is 0 Å². The number of unbranched alkanes of at least 4 members (excludes halogenated alkanes) is 1. The zero-order valence-electron chi connectivity index (χ0n) is 9.93. The summed E-state index contributed by atoms with van der Waals surface area (Å²) in [5.74, 6) is 0.717. The van der Waals surface area contributed by atoms with Gasteiger partial charge in [0, 0.05) is 0 Å². The molecular formula is C14H22. The minimum atomic E-state index is 0.717. The van der Waals surface area contributed by atoms with E-state index in [1.165, 1.54) is 30.4 Å². The molecule has 0 aliphatic heterocycles. The molecule has 0 N–H and O–H groups in total. The van der Waals surface area contributed by atoms with Gasteiger partial charge in [0.15, 0.2) is 0 Å². The third-order valence-electron chi connectivity index (χ3n) is 2.96. The monoisotopic (exact) mass is 190 g/mol. The molecule has 0 saturated carbocycles. The number of aryl methyl sites for hydroxylation is 2. The van der Waals surface area contributed by atoms with Gasteiger partial charge in [0.25, 0.3) is 0 Å². The molecule has 0 aliphatic rings. The summed E-state index contributed by atoms with van der Waals surface area (Å²) in [6.45, 7) is 9.00. The lowest BCUT2D eigenvalue weighted by Crippen LogP contribution is -1.97. The summed E-state index contributed by atoms with van der Waals surface area (Å²) in [6, 6.07) is 6.79. The van der Waals surface area contributed by atoms with Gasteiger partial charge in [0.1, 0.15) is 0 Å². The Balaban J connectivity index is 2.77. The summed E-state index contributed by atoms with van der Waals surface area (Å²) in [5, 5.41) is 0. The lowest BCUT2D eigenvalue weighted by Gasteiger charge is -2.14. The summed E-state index contributed by atoms with van der Waals surface area (Å²) in [7, 11) is 0. The maximum absolute atomic E-state index is 2.34. The van der Waals surface area contributed by atoms with Crippen LogP contribution in [0.5, 0.6) is 0 Å². The van der Waals surface area contributed by atoms with E-state index in [-0.39, 0.29) is 0 Å². The number of hydrogen-bond acceptors (Lipinski definition) is 0. The minimum Gasteiger partial charge on any atom is -0.0654 e. The van der Waals surface area contributed by atoms with Crippen LogP contribution in [0.4, 0.5) is 0 Å². The molecule has 1 rings (SSSR count). The van der Waals surface area contributed by atoms with Crippen molar-refractivity contribution >= 4 is 0 Å². The largest absolute Gasteiger partial charge is 0.0654 e. The molecule has 0 amide bonds. The van der Waals surface area contributed by atoms with Crippen molar-refractivity contribution in [3.05, 3.63) is 34.9 Å². The van der Waals surface area contributed by atoms with Crippen LogP contribution in [0.1, 0.15) is 55.7 Å². The van der Waals surface area contributed by atoms with Crippen molar-refractivity contribution in [3.63, 3.8) is 0 Å². The average molecular weight is 190 g/mol. The van der Waals surface area contributed by atoms with Crippen LogP contribution in [-0.4, -0.2) is 0 Å². The van der Waals surface area contributed by atoms with Crippen LogP contribution in [0.25, 0.3) is 0 Å². The molecule has 1 aromatic carbocycles. The first-order valence-electron chi connectivity index (χ1n) is 5.72. The van der Waals surface area contributed by atoms with Crippen molar-refractivity contribution in [1.29, 1.82) is 0 Å². The maximum atomic E-state index is 2.34. The van der Waals surface area contributed by atoms with Crippen LogP contribution >= 0.6 is 0 Å². The molecule has 0 saturated heterocycles. The average Bonchev–Trinajstić information content (AvgIpc) is 2.18. The molecule has 0 bridgehead atoms. The zero-order valence-corrected chi connectivity index (χ0v) is 9.93. The Bertz CT molecular complexity index is 286. The van der Waals surface area contributed by atoms with E-state index in [4.69, 9.17) is 0 Å². The van der Waals surface area contributed by atoms with Crippen molar-refractivity contribution in [2.45, 2.75) is 52.9 Å². The first kappa shape index (κ1) is 11.3. The van der Waals surface area contributed by atoms with Gasteiger partial charge in [-0.3, -0.25) is 0 Å². The van der Waals surface area contributed by atoms with Crippen molar-refractivity contribution in [2.75, 3.05) is 0 Å². The molecule has 0 aromatic heterocycles. The first-order valence-corrected chi connectivity index (χ1v) is 5.72. The fraction of sp³-hybridized carbons (Fsp3) is 0.571. The molecule has 0 heterocycles. The first-order chi connectivity index (χ1) is 6.65. The fourth-order valence-corrected chi connectivity index (χ4v) is 1.96. The van der Waals surface area contributed by atoms with E-state index in [2.05, 4.69) is 45.9 Å². The predicted molar refractivity (Wildman–Crippen MR) is 63.9 cm³/mol. The smallest absolute Gasteiger partial charge is 0.0188 e. The molecule has 1 unspecified atom stereocenters. The molecule has 1 atom stereocenters. The van der Waals surface area contributed by atoms with Crippen LogP contribution in [0.15, 0.2) is 18.2 Å². The van der Waals surface area contributed by atoms with Crippen molar-refractivity contribution in [1.82, 2.24) is 0 Å². The highest BCUT2D eigenvalue weighted by Gasteiger charge is 2.07. The van der Waals surface area contributed by atoms with Crippen LogP contribution in [0.3, 0.4) is 0 Å². The van der Waals surface area contributed by atoms with E-state index in [1.807, 2.05) is 0 Å². The Morgan fingerprint density at radius 2 is 1.93 bits per heavy atom. The number of hydrogen-bond donors (Lipinski definition) is 0. The molecule has 1 aromatic rings. The standard InChI is InChI=1S/C14H22/c1-5-6-7-12(3)14-10-11(2)8-9-13(14)4/h8-10,12H,5-7H2,1-4H3. The quantitative estimate of drug-likeness (QED) is 0.651. The van der Waals surface area contributed by atoms with E-state index < -0.39 is 0 Å². The highest BCUT2D eigenvalue weighted by molar-refractivity contribution is 5.32. The fourth-order valence-electron chi connectivity index (χ4n) is 1.96. The van der Waals surface area contributed by atoms with Gasteiger partial charge in [-0.25, -0.2) is 0 Å². The summed E-state index contributed by atoms with van der Waals surface area (Å²) < 4.78 is 0. The van der Waals surface area contributed by atoms with Gasteiger partial charge in [0.05, 0.1) is 0 Å². The Labute approximate surface area is 88.4 Å². The second-order valence-electron chi connectivity index (χ2n) is 4.40. The lowest BCUT2D eigenvalue weighted by atomic mass is 9.91. The van der Waals surface area contributed by atoms with Gasteiger partial charge in [0.2, 0.25) is 0 Å². The van der Waals surface area contributed by atoms with Gasteiger partial charge < -0.3 is 0 Å². The third kappa shape index (κ3) is 2.87. The van der Waals surface area contributed by atoms with Gasteiger partial charge in [-0.1, -0.05) is 50.5 Å². The Hall–Kier alpha value is -0.780. The second-order valence-corrected chi connectivity index (χ2v) is 4.40. The van der Waals surface area contributed by atoms with E-state index in [0.717, 1.165) is 5.92 Å². The number of benzene rings is 1. The van der Waals surface area contributed by atoms with Gasteiger partial charge in [-0.2, -0.15) is 0 Å². The minimum absolute atomic E-state index is 0.717. The number of rotatable bonds is 4. The van der Waals surface area contributed by atoms with Crippen molar-refractivity contribution < 1.29 is 0 Å². The summed E-state index contributed by atoms with van der Waals surface area (Å²) in [6.07, 6.45) is 3.96.